The number of alkyl halides is 1. The van der Waals surface area contributed by atoms with E-state index in [0.29, 0.717) is 6.04 Å². The number of halogens is 1. The van der Waals surface area contributed by atoms with Gasteiger partial charge in [-0.05, 0) is 18.8 Å². The van der Waals surface area contributed by atoms with Crippen molar-refractivity contribution in [2.75, 3.05) is 0 Å². The van der Waals surface area contributed by atoms with Crippen LogP contribution in [-0.4, -0.2) is 17.3 Å². The van der Waals surface area contributed by atoms with Crippen molar-refractivity contribution in [1.29, 1.82) is 0 Å². The van der Waals surface area contributed by atoms with Crippen molar-refractivity contribution >= 4 is 17.5 Å². The molecule has 0 spiro atoms. The molecule has 0 aromatic heterocycles. The molecule has 1 rings (SSSR count). The van der Waals surface area contributed by atoms with E-state index in [-0.39, 0.29) is 17.2 Å². The van der Waals surface area contributed by atoms with Gasteiger partial charge in [0.05, 0.1) is 0 Å². The van der Waals surface area contributed by atoms with Crippen molar-refractivity contribution in [3.63, 3.8) is 0 Å². The zero-order chi connectivity index (χ0) is 8.43. The lowest BCUT2D eigenvalue weighted by molar-refractivity contribution is -0.121. The minimum Gasteiger partial charge on any atom is -0.352 e. The van der Waals surface area contributed by atoms with E-state index in [1.807, 2.05) is 13.8 Å². The highest BCUT2D eigenvalue weighted by atomic mass is 35.5. The Morgan fingerprint density at radius 1 is 1.55 bits per heavy atom. The molecule has 0 aromatic rings. The summed E-state index contributed by atoms with van der Waals surface area (Å²) in [7, 11) is 0. The van der Waals surface area contributed by atoms with E-state index < -0.39 is 0 Å². The molecule has 0 aliphatic heterocycles. The summed E-state index contributed by atoms with van der Waals surface area (Å²) in [6.07, 6.45) is 2.24. The Hall–Kier alpha value is -0.240. The predicted molar refractivity (Wildman–Crippen MR) is 45.6 cm³/mol. The van der Waals surface area contributed by atoms with E-state index in [4.69, 9.17) is 11.6 Å². The first-order valence-corrected chi connectivity index (χ1v) is 4.49. The first-order chi connectivity index (χ1) is 5.11. The Labute approximate surface area is 72.3 Å². The molecule has 0 radical (unpaired) electrons. The number of nitrogens with one attached hydrogen (secondary N) is 1. The Kier molecular flexibility index (Phi) is 2.77. The molecule has 1 amide bonds. The van der Waals surface area contributed by atoms with Gasteiger partial charge in [-0.1, -0.05) is 13.8 Å². The van der Waals surface area contributed by atoms with Gasteiger partial charge < -0.3 is 5.32 Å². The summed E-state index contributed by atoms with van der Waals surface area (Å²) in [6, 6.07) is 0.419. The smallest absolute Gasteiger partial charge is 0.238 e. The van der Waals surface area contributed by atoms with Crippen molar-refractivity contribution in [3.05, 3.63) is 0 Å². The van der Waals surface area contributed by atoms with Crippen LogP contribution in [-0.2, 0) is 4.79 Å². The maximum Gasteiger partial charge on any atom is 0.238 e. The minimum absolute atomic E-state index is 0.0100. The van der Waals surface area contributed by atoms with Gasteiger partial charge in [0.2, 0.25) is 5.91 Å². The number of hydrogen-bond donors (Lipinski definition) is 1. The van der Waals surface area contributed by atoms with Crippen LogP contribution in [0.3, 0.4) is 0 Å². The maximum absolute atomic E-state index is 11.2. The van der Waals surface area contributed by atoms with Gasteiger partial charge in [-0.15, -0.1) is 11.6 Å². The summed E-state index contributed by atoms with van der Waals surface area (Å²) in [5.41, 5.74) is 0. The predicted octanol–water partition coefficient (Wildman–Crippen LogP) is 1.53. The summed E-state index contributed by atoms with van der Waals surface area (Å²) in [4.78, 5) is 11.2. The Morgan fingerprint density at radius 2 is 2.09 bits per heavy atom. The fourth-order valence-corrected chi connectivity index (χ4v) is 0.874. The van der Waals surface area contributed by atoms with Crippen LogP contribution in [0.25, 0.3) is 0 Å². The molecule has 11 heavy (non-hydrogen) atoms. The van der Waals surface area contributed by atoms with E-state index in [1.54, 1.807) is 0 Å². The molecule has 1 saturated carbocycles. The van der Waals surface area contributed by atoms with E-state index in [1.165, 1.54) is 0 Å². The van der Waals surface area contributed by atoms with Gasteiger partial charge in [0.25, 0.3) is 0 Å². The molecular weight excluding hydrogens is 162 g/mol. The van der Waals surface area contributed by atoms with E-state index in [9.17, 15) is 4.79 Å². The molecule has 1 unspecified atom stereocenters. The van der Waals surface area contributed by atoms with Crippen LogP contribution in [0.2, 0.25) is 0 Å². The lowest BCUT2D eigenvalue weighted by Crippen LogP contribution is -2.35. The second-order valence-corrected chi connectivity index (χ2v) is 3.90. The standard InChI is InChI=1S/C8H14ClNO/c1-5(2)7(9)8(11)10-6-3-4-6/h5-7H,3-4H2,1-2H3,(H,10,11). The van der Waals surface area contributed by atoms with Gasteiger partial charge in [0.15, 0.2) is 0 Å². The third-order valence-corrected chi connectivity index (χ3v) is 2.46. The van der Waals surface area contributed by atoms with Crippen LogP contribution in [0.15, 0.2) is 0 Å². The number of rotatable bonds is 3. The molecule has 1 fully saturated rings. The highest BCUT2D eigenvalue weighted by molar-refractivity contribution is 6.30. The van der Waals surface area contributed by atoms with Gasteiger partial charge in [-0.2, -0.15) is 0 Å². The zero-order valence-electron chi connectivity index (χ0n) is 6.93. The topological polar surface area (TPSA) is 29.1 Å². The lowest BCUT2D eigenvalue weighted by Gasteiger charge is -2.12. The molecule has 1 aliphatic carbocycles. The van der Waals surface area contributed by atoms with E-state index in [2.05, 4.69) is 5.32 Å². The zero-order valence-corrected chi connectivity index (χ0v) is 7.69. The van der Waals surface area contributed by atoms with Gasteiger partial charge >= 0.3 is 0 Å². The first-order valence-electron chi connectivity index (χ1n) is 4.05. The van der Waals surface area contributed by atoms with Gasteiger partial charge in [0.1, 0.15) is 5.38 Å². The average molecular weight is 176 g/mol. The highest BCUT2D eigenvalue weighted by Gasteiger charge is 2.27. The molecule has 1 aliphatic rings. The minimum atomic E-state index is -0.365. The third kappa shape index (κ3) is 2.70. The summed E-state index contributed by atoms with van der Waals surface area (Å²) in [5.74, 6) is 0.208. The monoisotopic (exact) mass is 175 g/mol. The van der Waals surface area contributed by atoms with Crippen molar-refractivity contribution in [2.45, 2.75) is 38.1 Å². The van der Waals surface area contributed by atoms with Crippen molar-refractivity contribution in [1.82, 2.24) is 5.32 Å². The SMILES string of the molecule is CC(C)C(Cl)C(=O)NC1CC1. The molecule has 0 heterocycles. The number of hydrogen-bond acceptors (Lipinski definition) is 1. The van der Waals surface area contributed by atoms with Crippen LogP contribution in [0, 0.1) is 5.92 Å². The molecule has 1 atom stereocenters. The number of carbonyl (C=O) groups is 1. The lowest BCUT2D eigenvalue weighted by atomic mass is 10.1. The largest absolute Gasteiger partial charge is 0.352 e. The normalized spacial score (nSPS) is 20.0. The molecule has 3 heteroatoms. The molecule has 2 nitrogen and oxygen atoms in total. The molecule has 64 valence electrons. The van der Waals surface area contributed by atoms with Gasteiger partial charge in [-0.3, -0.25) is 4.79 Å². The second-order valence-electron chi connectivity index (χ2n) is 3.43. The quantitative estimate of drug-likeness (QED) is 0.648. The van der Waals surface area contributed by atoms with Crippen LogP contribution in [0.1, 0.15) is 26.7 Å². The van der Waals surface area contributed by atoms with Crippen LogP contribution < -0.4 is 5.32 Å². The maximum atomic E-state index is 11.2. The van der Waals surface area contributed by atoms with E-state index in [0.717, 1.165) is 12.8 Å². The first kappa shape index (κ1) is 8.85. The summed E-state index contributed by atoms with van der Waals surface area (Å²) >= 11 is 5.83. The average Bonchev–Trinajstić information content (AvgIpc) is 2.69. The molecule has 0 bridgehead atoms. The van der Waals surface area contributed by atoms with Gasteiger partial charge in [0, 0.05) is 6.04 Å². The van der Waals surface area contributed by atoms with Crippen LogP contribution in [0.4, 0.5) is 0 Å². The summed E-state index contributed by atoms with van der Waals surface area (Å²) < 4.78 is 0. The van der Waals surface area contributed by atoms with Crippen LogP contribution >= 0.6 is 11.6 Å². The van der Waals surface area contributed by atoms with Crippen LogP contribution in [0.5, 0.6) is 0 Å². The number of amides is 1. The molecule has 0 aromatic carbocycles. The van der Waals surface area contributed by atoms with E-state index >= 15 is 0 Å². The Morgan fingerprint density at radius 3 is 2.45 bits per heavy atom. The van der Waals surface area contributed by atoms with Crippen molar-refractivity contribution < 1.29 is 4.79 Å². The van der Waals surface area contributed by atoms with Crippen molar-refractivity contribution in [3.8, 4) is 0 Å². The Balaban J connectivity index is 2.26. The van der Waals surface area contributed by atoms with Crippen molar-refractivity contribution in [2.24, 2.45) is 5.92 Å². The molecule has 0 saturated heterocycles. The van der Waals surface area contributed by atoms with Gasteiger partial charge in [-0.25, -0.2) is 0 Å². The summed E-state index contributed by atoms with van der Waals surface area (Å²) in [6.45, 7) is 3.90. The third-order valence-electron chi connectivity index (χ3n) is 1.76. The summed E-state index contributed by atoms with van der Waals surface area (Å²) in [5, 5.41) is 2.50. The molecular formula is C8H14ClNO. The highest BCUT2D eigenvalue weighted by Crippen LogP contribution is 2.20. The number of carbonyl (C=O) groups excluding carboxylic acids is 1. The Bertz CT molecular complexity index is 154. The molecule has 1 N–H and O–H groups in total. The fraction of sp³-hybridized carbons (Fsp3) is 0.875. The second kappa shape index (κ2) is 3.44. The fourth-order valence-electron chi connectivity index (χ4n) is 0.811.